The Kier molecular flexibility index (Phi) is 3.81. The van der Waals surface area contributed by atoms with Gasteiger partial charge in [0.25, 0.3) is 5.89 Å². The van der Waals surface area contributed by atoms with Gasteiger partial charge in [-0.15, -0.1) is 0 Å². The van der Waals surface area contributed by atoms with E-state index in [1.165, 1.54) is 11.1 Å². The van der Waals surface area contributed by atoms with Crippen LogP contribution in [0.2, 0.25) is 0 Å². The van der Waals surface area contributed by atoms with E-state index in [0.29, 0.717) is 24.7 Å². The predicted octanol–water partition coefficient (Wildman–Crippen LogP) is 4.05. The molecule has 0 saturated carbocycles. The Hall–Kier alpha value is -2.95. The number of nitrogens with zero attached hydrogens (tertiary/aromatic N) is 3. The number of rotatable bonds is 3. The lowest BCUT2D eigenvalue weighted by atomic mass is 10.1. The molecule has 1 fully saturated rings. The second-order valence-electron chi connectivity index (χ2n) is 7.53. The van der Waals surface area contributed by atoms with Crippen LogP contribution >= 0.6 is 0 Å². The molecular weight excluding hydrogens is 338 g/mol. The highest BCUT2D eigenvalue weighted by molar-refractivity contribution is 5.80. The summed E-state index contributed by atoms with van der Waals surface area (Å²) in [6.45, 7) is 2.69. The molecule has 2 atom stereocenters. The van der Waals surface area contributed by atoms with Crippen molar-refractivity contribution in [3.05, 3.63) is 71.0 Å². The molecule has 1 aromatic heterocycles. The first-order valence-corrected chi connectivity index (χ1v) is 9.47. The minimum atomic E-state index is -0.00688. The van der Waals surface area contributed by atoms with Gasteiger partial charge in [0.15, 0.2) is 5.82 Å². The van der Waals surface area contributed by atoms with Crippen LogP contribution < -0.4 is 0 Å². The molecule has 1 saturated heterocycles. The number of amides is 1. The molecular formula is C22H21N3O2. The van der Waals surface area contributed by atoms with Gasteiger partial charge >= 0.3 is 0 Å². The van der Waals surface area contributed by atoms with E-state index in [9.17, 15) is 4.79 Å². The Morgan fingerprint density at radius 3 is 2.93 bits per heavy atom. The van der Waals surface area contributed by atoms with Crippen LogP contribution in [0.15, 0.2) is 53.1 Å². The maximum atomic E-state index is 12.7. The van der Waals surface area contributed by atoms with Crippen molar-refractivity contribution in [2.45, 2.75) is 38.1 Å². The van der Waals surface area contributed by atoms with Gasteiger partial charge in [-0.1, -0.05) is 47.1 Å². The Bertz CT molecular complexity index is 1010. The minimum Gasteiger partial charge on any atom is -0.335 e. The van der Waals surface area contributed by atoms with E-state index in [1.807, 2.05) is 36.1 Å². The van der Waals surface area contributed by atoms with E-state index >= 15 is 0 Å². The lowest BCUT2D eigenvalue weighted by molar-refractivity contribution is -0.129. The quantitative estimate of drug-likeness (QED) is 0.708. The molecule has 1 aliphatic carbocycles. The van der Waals surface area contributed by atoms with Crippen LogP contribution in [0.4, 0.5) is 0 Å². The smallest absolute Gasteiger partial charge is 0.257 e. The first-order valence-electron chi connectivity index (χ1n) is 9.47. The Morgan fingerprint density at radius 2 is 2.04 bits per heavy atom. The second-order valence-corrected chi connectivity index (χ2v) is 7.53. The standard InChI is InChI=1S/C22H21N3O2/c1-14-5-4-7-16(11-14)22-23-21(24-27-22)17-12-20(26)25(13-17)19-10-9-15-6-2-3-8-18(15)19/h2-8,11,17,19H,9-10,12-13H2,1H3. The average Bonchev–Trinajstić information content (AvgIpc) is 3.39. The first-order chi connectivity index (χ1) is 13.2. The molecule has 0 bridgehead atoms. The van der Waals surface area contributed by atoms with Gasteiger partial charge in [-0.3, -0.25) is 4.79 Å². The third-order valence-corrected chi connectivity index (χ3v) is 5.71. The van der Waals surface area contributed by atoms with Crippen molar-refractivity contribution in [1.29, 1.82) is 0 Å². The van der Waals surface area contributed by atoms with E-state index < -0.39 is 0 Å². The van der Waals surface area contributed by atoms with Gasteiger partial charge in [-0.2, -0.15) is 4.98 Å². The number of likely N-dealkylation sites (tertiary alicyclic amines) is 1. The molecule has 2 aromatic carbocycles. The van der Waals surface area contributed by atoms with Gasteiger partial charge < -0.3 is 9.42 Å². The zero-order valence-electron chi connectivity index (χ0n) is 15.3. The highest BCUT2D eigenvalue weighted by Gasteiger charge is 2.39. The molecule has 27 heavy (non-hydrogen) atoms. The summed E-state index contributed by atoms with van der Waals surface area (Å²) in [7, 11) is 0. The van der Waals surface area contributed by atoms with Crippen molar-refractivity contribution in [2.75, 3.05) is 6.54 Å². The number of aryl methyl sites for hydroxylation is 2. The summed E-state index contributed by atoms with van der Waals surface area (Å²) in [5.41, 5.74) is 4.72. The van der Waals surface area contributed by atoms with Crippen molar-refractivity contribution in [3.63, 3.8) is 0 Å². The molecule has 5 rings (SSSR count). The molecule has 1 aliphatic heterocycles. The van der Waals surface area contributed by atoms with Crippen LogP contribution in [0.3, 0.4) is 0 Å². The Morgan fingerprint density at radius 1 is 1.15 bits per heavy atom. The normalized spacial score (nSPS) is 21.7. The number of fused-ring (bicyclic) bond motifs is 1. The van der Waals surface area contributed by atoms with Crippen molar-refractivity contribution in [1.82, 2.24) is 15.0 Å². The number of hydrogen-bond donors (Lipinski definition) is 0. The molecule has 0 spiro atoms. The van der Waals surface area contributed by atoms with Crippen LogP contribution in [0, 0.1) is 6.92 Å². The topological polar surface area (TPSA) is 59.2 Å². The fraction of sp³-hybridized carbons (Fsp3) is 0.318. The van der Waals surface area contributed by atoms with Crippen LogP contribution in [-0.4, -0.2) is 27.5 Å². The number of hydrogen-bond acceptors (Lipinski definition) is 4. The van der Waals surface area contributed by atoms with Gasteiger partial charge in [-0.05, 0) is 43.0 Å². The largest absolute Gasteiger partial charge is 0.335 e. The number of carbonyl (C=O) groups is 1. The first kappa shape index (κ1) is 16.2. The number of carbonyl (C=O) groups excluding carboxylic acids is 1. The average molecular weight is 359 g/mol. The fourth-order valence-corrected chi connectivity index (χ4v) is 4.36. The maximum absolute atomic E-state index is 12.7. The zero-order valence-corrected chi connectivity index (χ0v) is 15.3. The van der Waals surface area contributed by atoms with Crippen molar-refractivity contribution < 1.29 is 9.32 Å². The summed E-state index contributed by atoms with van der Waals surface area (Å²) in [5.74, 6) is 1.33. The molecule has 3 aromatic rings. The molecule has 2 heterocycles. The van der Waals surface area contributed by atoms with Crippen LogP contribution in [0.5, 0.6) is 0 Å². The summed E-state index contributed by atoms with van der Waals surface area (Å²) in [4.78, 5) is 19.3. The van der Waals surface area contributed by atoms with Gasteiger partial charge in [0.2, 0.25) is 5.91 Å². The molecule has 2 unspecified atom stereocenters. The van der Waals surface area contributed by atoms with Gasteiger partial charge in [0.05, 0.1) is 6.04 Å². The third kappa shape index (κ3) is 2.83. The number of benzene rings is 2. The SMILES string of the molecule is Cc1cccc(-c2nc(C3CC(=O)N(C4CCc5ccccc54)C3)no2)c1. The summed E-state index contributed by atoms with van der Waals surface area (Å²) in [5, 5.41) is 4.18. The molecule has 136 valence electrons. The second kappa shape index (κ2) is 6.34. The lowest BCUT2D eigenvalue weighted by Crippen LogP contribution is -2.28. The zero-order chi connectivity index (χ0) is 18.4. The summed E-state index contributed by atoms with van der Waals surface area (Å²) in [6.07, 6.45) is 2.49. The highest BCUT2D eigenvalue weighted by Crippen LogP contribution is 2.40. The van der Waals surface area contributed by atoms with E-state index in [0.717, 1.165) is 24.0 Å². The highest BCUT2D eigenvalue weighted by atomic mass is 16.5. The van der Waals surface area contributed by atoms with E-state index in [-0.39, 0.29) is 17.9 Å². The number of aromatic nitrogens is 2. The molecule has 0 radical (unpaired) electrons. The third-order valence-electron chi connectivity index (χ3n) is 5.71. The predicted molar refractivity (Wildman–Crippen MR) is 101 cm³/mol. The molecule has 5 heteroatoms. The van der Waals surface area contributed by atoms with E-state index in [2.05, 4.69) is 34.4 Å². The fourth-order valence-electron chi connectivity index (χ4n) is 4.36. The van der Waals surface area contributed by atoms with Crippen molar-refractivity contribution in [2.24, 2.45) is 0 Å². The van der Waals surface area contributed by atoms with E-state index in [4.69, 9.17) is 4.52 Å². The van der Waals surface area contributed by atoms with Crippen molar-refractivity contribution in [3.8, 4) is 11.5 Å². The van der Waals surface area contributed by atoms with Gasteiger partial charge in [-0.25, -0.2) is 0 Å². The van der Waals surface area contributed by atoms with Gasteiger partial charge in [0, 0.05) is 24.4 Å². The lowest BCUT2D eigenvalue weighted by Gasteiger charge is -2.25. The van der Waals surface area contributed by atoms with Crippen LogP contribution in [-0.2, 0) is 11.2 Å². The molecule has 5 nitrogen and oxygen atoms in total. The van der Waals surface area contributed by atoms with Crippen molar-refractivity contribution >= 4 is 5.91 Å². The maximum Gasteiger partial charge on any atom is 0.257 e. The van der Waals surface area contributed by atoms with E-state index in [1.54, 1.807) is 0 Å². The summed E-state index contributed by atoms with van der Waals surface area (Å²) >= 11 is 0. The molecule has 0 N–H and O–H groups in total. The Balaban J connectivity index is 1.37. The van der Waals surface area contributed by atoms with Crippen LogP contribution in [0.25, 0.3) is 11.5 Å². The minimum absolute atomic E-state index is 0.00688. The monoisotopic (exact) mass is 359 g/mol. The Labute approximate surface area is 158 Å². The van der Waals surface area contributed by atoms with Crippen LogP contribution in [0.1, 0.15) is 47.3 Å². The summed E-state index contributed by atoms with van der Waals surface area (Å²) in [6, 6.07) is 16.6. The molecule has 2 aliphatic rings. The summed E-state index contributed by atoms with van der Waals surface area (Å²) < 4.78 is 5.48. The molecule has 1 amide bonds. The van der Waals surface area contributed by atoms with Gasteiger partial charge in [0.1, 0.15) is 0 Å².